The van der Waals surface area contributed by atoms with Crippen molar-refractivity contribution in [3.05, 3.63) is 66.5 Å². The Balaban J connectivity index is 1.46. The standard InChI is InChI=1S/C19H14F3N3O3/c20-19(21,22)17-9-10-23-25(17)13-7-5-12(6-8-13)24-18(26)16-11-27-14-3-1-2-4-15(14)28-16/h1-10,16H,11H2,(H,24,26)/t16-/m1/s1. The van der Waals surface area contributed by atoms with Crippen molar-refractivity contribution >= 4 is 11.6 Å². The molecule has 1 N–H and O–H groups in total. The number of carbonyl (C=O) groups is 1. The summed E-state index contributed by atoms with van der Waals surface area (Å²) in [5, 5.41) is 6.38. The number of fused-ring (bicyclic) bond motifs is 1. The molecule has 0 saturated heterocycles. The molecule has 0 unspecified atom stereocenters. The van der Waals surface area contributed by atoms with Gasteiger partial charge in [-0.2, -0.15) is 18.3 Å². The minimum absolute atomic E-state index is 0.0587. The van der Waals surface area contributed by atoms with Crippen LogP contribution in [0.1, 0.15) is 5.69 Å². The van der Waals surface area contributed by atoms with Crippen LogP contribution in [0.2, 0.25) is 0 Å². The maximum absolute atomic E-state index is 13.0. The maximum Gasteiger partial charge on any atom is 0.433 e. The van der Waals surface area contributed by atoms with Gasteiger partial charge in [0.2, 0.25) is 6.10 Å². The smallest absolute Gasteiger partial charge is 0.433 e. The largest absolute Gasteiger partial charge is 0.485 e. The van der Waals surface area contributed by atoms with E-state index in [1.54, 1.807) is 24.3 Å². The first-order chi connectivity index (χ1) is 13.4. The molecule has 1 aliphatic heterocycles. The predicted octanol–water partition coefficient (Wildman–Crippen LogP) is 3.67. The number of aromatic nitrogens is 2. The van der Waals surface area contributed by atoms with Gasteiger partial charge >= 0.3 is 6.18 Å². The van der Waals surface area contributed by atoms with E-state index in [0.29, 0.717) is 17.2 Å². The lowest BCUT2D eigenvalue weighted by atomic mass is 10.2. The number of alkyl halides is 3. The first kappa shape index (κ1) is 17.9. The average Bonchev–Trinajstić information content (AvgIpc) is 3.18. The number of nitrogens with one attached hydrogen (secondary N) is 1. The molecule has 9 heteroatoms. The van der Waals surface area contributed by atoms with E-state index in [-0.39, 0.29) is 12.3 Å². The summed E-state index contributed by atoms with van der Waals surface area (Å²) in [5.41, 5.74) is -0.242. The van der Waals surface area contributed by atoms with Crippen LogP contribution in [0.4, 0.5) is 18.9 Å². The Labute approximate surface area is 157 Å². The summed E-state index contributed by atoms with van der Waals surface area (Å²) in [6, 6.07) is 13.8. The third-order valence-electron chi connectivity index (χ3n) is 4.11. The lowest BCUT2D eigenvalue weighted by Crippen LogP contribution is -2.40. The second-order valence-corrected chi connectivity index (χ2v) is 6.03. The summed E-state index contributed by atoms with van der Waals surface area (Å²) >= 11 is 0. The van der Waals surface area contributed by atoms with Crippen molar-refractivity contribution in [2.45, 2.75) is 12.3 Å². The van der Waals surface area contributed by atoms with Gasteiger partial charge in [0.15, 0.2) is 11.5 Å². The molecule has 1 aliphatic rings. The van der Waals surface area contributed by atoms with Crippen LogP contribution in [0.15, 0.2) is 60.8 Å². The van der Waals surface area contributed by atoms with Crippen molar-refractivity contribution in [2.75, 3.05) is 11.9 Å². The van der Waals surface area contributed by atoms with Crippen molar-refractivity contribution in [1.29, 1.82) is 0 Å². The van der Waals surface area contributed by atoms with Crippen LogP contribution in [0, 0.1) is 0 Å². The molecule has 0 bridgehead atoms. The lowest BCUT2D eigenvalue weighted by Gasteiger charge is -2.25. The molecule has 0 aliphatic carbocycles. The van der Waals surface area contributed by atoms with Crippen LogP contribution < -0.4 is 14.8 Å². The number of amides is 1. The number of nitrogens with zero attached hydrogens (tertiary/aromatic N) is 2. The number of anilines is 1. The number of carbonyl (C=O) groups excluding carboxylic acids is 1. The van der Waals surface area contributed by atoms with Gasteiger partial charge in [-0.05, 0) is 42.5 Å². The number of ether oxygens (including phenoxy) is 2. The van der Waals surface area contributed by atoms with Gasteiger partial charge in [0.1, 0.15) is 12.3 Å². The van der Waals surface area contributed by atoms with E-state index in [0.717, 1.165) is 16.9 Å². The minimum atomic E-state index is -4.52. The maximum atomic E-state index is 13.0. The third kappa shape index (κ3) is 3.51. The molecule has 1 amide bonds. The van der Waals surface area contributed by atoms with Crippen LogP contribution in [-0.2, 0) is 11.0 Å². The van der Waals surface area contributed by atoms with Gasteiger partial charge in [0.25, 0.3) is 5.91 Å². The Morgan fingerprint density at radius 2 is 1.79 bits per heavy atom. The van der Waals surface area contributed by atoms with Crippen molar-refractivity contribution in [3.8, 4) is 17.2 Å². The minimum Gasteiger partial charge on any atom is -0.485 e. The first-order valence-electron chi connectivity index (χ1n) is 8.33. The molecule has 0 fully saturated rings. The number of hydrogen-bond acceptors (Lipinski definition) is 4. The molecular formula is C19H14F3N3O3. The molecule has 6 nitrogen and oxygen atoms in total. The topological polar surface area (TPSA) is 65.4 Å². The summed E-state index contributed by atoms with van der Waals surface area (Å²) in [4.78, 5) is 12.4. The lowest BCUT2D eigenvalue weighted by molar-refractivity contribution is -0.142. The van der Waals surface area contributed by atoms with Crippen molar-refractivity contribution in [3.63, 3.8) is 0 Å². The molecular weight excluding hydrogens is 375 g/mol. The zero-order valence-corrected chi connectivity index (χ0v) is 14.3. The predicted molar refractivity (Wildman–Crippen MR) is 93.5 cm³/mol. The fraction of sp³-hybridized carbons (Fsp3) is 0.158. The van der Waals surface area contributed by atoms with E-state index in [9.17, 15) is 18.0 Å². The summed E-state index contributed by atoms with van der Waals surface area (Å²) < 4.78 is 50.9. The van der Waals surface area contributed by atoms with Gasteiger partial charge < -0.3 is 14.8 Å². The van der Waals surface area contributed by atoms with E-state index in [4.69, 9.17) is 9.47 Å². The second kappa shape index (κ2) is 6.91. The van der Waals surface area contributed by atoms with Crippen LogP contribution in [0.5, 0.6) is 11.5 Å². The van der Waals surface area contributed by atoms with Gasteiger partial charge in [0.05, 0.1) is 11.9 Å². The van der Waals surface area contributed by atoms with Gasteiger partial charge in [-0.25, -0.2) is 4.68 Å². The molecule has 0 spiro atoms. The van der Waals surface area contributed by atoms with E-state index < -0.39 is 23.9 Å². The van der Waals surface area contributed by atoms with Crippen LogP contribution in [0.25, 0.3) is 5.69 Å². The first-order valence-corrected chi connectivity index (χ1v) is 8.33. The highest BCUT2D eigenvalue weighted by atomic mass is 19.4. The Morgan fingerprint density at radius 1 is 1.07 bits per heavy atom. The van der Waals surface area contributed by atoms with Gasteiger partial charge in [-0.3, -0.25) is 4.79 Å². The monoisotopic (exact) mass is 389 g/mol. The molecule has 2 heterocycles. The van der Waals surface area contributed by atoms with Gasteiger partial charge in [-0.15, -0.1) is 0 Å². The fourth-order valence-electron chi connectivity index (χ4n) is 2.78. The number of hydrogen-bond donors (Lipinski definition) is 1. The van der Waals surface area contributed by atoms with E-state index >= 15 is 0 Å². The third-order valence-corrected chi connectivity index (χ3v) is 4.11. The SMILES string of the molecule is O=C(Nc1ccc(-n2nccc2C(F)(F)F)cc1)[C@H]1COc2ccccc2O1. The second-order valence-electron chi connectivity index (χ2n) is 6.03. The molecule has 0 radical (unpaired) electrons. The summed E-state index contributed by atoms with van der Waals surface area (Å²) in [7, 11) is 0. The zero-order chi connectivity index (χ0) is 19.7. The van der Waals surface area contributed by atoms with Crippen molar-refractivity contribution in [1.82, 2.24) is 9.78 Å². The highest BCUT2D eigenvalue weighted by molar-refractivity contribution is 5.94. The molecule has 2 aromatic carbocycles. The highest BCUT2D eigenvalue weighted by Crippen LogP contribution is 2.32. The Hall–Kier alpha value is -3.49. The molecule has 28 heavy (non-hydrogen) atoms. The molecule has 0 saturated carbocycles. The molecule has 3 aromatic rings. The van der Waals surface area contributed by atoms with E-state index in [1.807, 2.05) is 0 Å². The molecule has 144 valence electrons. The van der Waals surface area contributed by atoms with Crippen LogP contribution in [0.3, 0.4) is 0 Å². The van der Waals surface area contributed by atoms with E-state index in [1.165, 1.54) is 24.3 Å². The quantitative estimate of drug-likeness (QED) is 0.742. The molecule has 4 rings (SSSR count). The average molecular weight is 389 g/mol. The Bertz CT molecular complexity index is 999. The van der Waals surface area contributed by atoms with E-state index in [2.05, 4.69) is 10.4 Å². The van der Waals surface area contributed by atoms with Crippen LogP contribution in [-0.4, -0.2) is 28.4 Å². The van der Waals surface area contributed by atoms with Gasteiger partial charge in [0, 0.05) is 5.69 Å². The number of para-hydroxylation sites is 2. The van der Waals surface area contributed by atoms with Crippen molar-refractivity contribution in [2.24, 2.45) is 0 Å². The fourth-order valence-corrected chi connectivity index (χ4v) is 2.78. The van der Waals surface area contributed by atoms with Gasteiger partial charge in [-0.1, -0.05) is 12.1 Å². The Morgan fingerprint density at radius 3 is 2.50 bits per heavy atom. The molecule has 1 aromatic heterocycles. The summed E-state index contributed by atoms with van der Waals surface area (Å²) in [5.74, 6) is 0.621. The Kier molecular flexibility index (Phi) is 4.42. The summed E-state index contributed by atoms with van der Waals surface area (Å²) in [6.07, 6.45) is -4.27. The van der Waals surface area contributed by atoms with Crippen molar-refractivity contribution < 1.29 is 27.4 Å². The normalized spacial score (nSPS) is 15.9. The number of benzene rings is 2. The summed E-state index contributed by atoms with van der Waals surface area (Å²) in [6.45, 7) is 0.0587. The molecule has 1 atom stereocenters. The number of halogens is 3. The number of rotatable bonds is 3. The van der Waals surface area contributed by atoms with Crippen LogP contribution >= 0.6 is 0 Å². The zero-order valence-electron chi connectivity index (χ0n) is 14.3. The highest BCUT2D eigenvalue weighted by Gasteiger charge is 2.35.